The molecule has 0 radical (unpaired) electrons. The van der Waals surface area contributed by atoms with Crippen molar-refractivity contribution >= 4 is 17.4 Å². The fourth-order valence-electron chi connectivity index (χ4n) is 2.05. The largest absolute Gasteiger partial charge is 0.395 e. The molecular formula is C16H19N3O3. The molecule has 0 aliphatic carbocycles. The molecule has 0 saturated heterocycles. The van der Waals surface area contributed by atoms with Crippen LogP contribution in [0.25, 0.3) is 0 Å². The number of benzene rings is 1. The number of amides is 2. The van der Waals surface area contributed by atoms with Crippen LogP contribution in [0, 0.1) is 0 Å². The second kappa shape index (κ2) is 7.42. The molecule has 3 N–H and O–H groups in total. The highest BCUT2D eigenvalue weighted by Crippen LogP contribution is 2.12. The molecule has 6 nitrogen and oxygen atoms in total. The van der Waals surface area contributed by atoms with Gasteiger partial charge in [0.25, 0.3) is 5.56 Å². The van der Waals surface area contributed by atoms with Crippen LogP contribution in [0.1, 0.15) is 12.5 Å². The van der Waals surface area contributed by atoms with Crippen LogP contribution in [0.15, 0.2) is 47.4 Å². The minimum absolute atomic E-state index is 0.140. The summed E-state index contributed by atoms with van der Waals surface area (Å²) >= 11 is 0. The lowest BCUT2D eigenvalue weighted by atomic mass is 10.1. The van der Waals surface area contributed by atoms with Crippen LogP contribution in [-0.4, -0.2) is 22.3 Å². The number of anilines is 2. The highest BCUT2D eigenvalue weighted by Gasteiger charge is 2.05. The fraction of sp³-hybridized carbons (Fsp3) is 0.250. The summed E-state index contributed by atoms with van der Waals surface area (Å²) in [5, 5.41) is 14.3. The van der Waals surface area contributed by atoms with Crippen molar-refractivity contribution < 1.29 is 9.90 Å². The molecule has 0 spiro atoms. The van der Waals surface area contributed by atoms with Gasteiger partial charge in [-0.15, -0.1) is 0 Å². The first-order valence-electron chi connectivity index (χ1n) is 7.10. The molecular weight excluding hydrogens is 282 g/mol. The lowest BCUT2D eigenvalue weighted by Gasteiger charge is -2.10. The SMILES string of the molecule is CCc1cccc(NC(=O)Nc2ccc(=O)n(CCO)c2)c1. The van der Waals surface area contributed by atoms with Gasteiger partial charge in [-0.2, -0.15) is 0 Å². The van der Waals surface area contributed by atoms with Gasteiger partial charge in [-0.3, -0.25) is 4.79 Å². The van der Waals surface area contributed by atoms with E-state index in [0.29, 0.717) is 11.4 Å². The van der Waals surface area contributed by atoms with Gasteiger partial charge >= 0.3 is 6.03 Å². The number of pyridine rings is 1. The van der Waals surface area contributed by atoms with E-state index in [1.165, 1.54) is 22.9 Å². The highest BCUT2D eigenvalue weighted by molar-refractivity contribution is 5.99. The lowest BCUT2D eigenvalue weighted by Crippen LogP contribution is -2.24. The van der Waals surface area contributed by atoms with Gasteiger partial charge in [0.2, 0.25) is 0 Å². The molecule has 1 heterocycles. The van der Waals surface area contributed by atoms with Crippen molar-refractivity contribution in [1.82, 2.24) is 4.57 Å². The molecule has 0 fully saturated rings. The molecule has 2 rings (SSSR count). The van der Waals surface area contributed by atoms with Crippen molar-refractivity contribution in [3.63, 3.8) is 0 Å². The zero-order valence-corrected chi connectivity index (χ0v) is 12.4. The molecule has 0 bridgehead atoms. The third-order valence-corrected chi connectivity index (χ3v) is 3.18. The number of hydrogen-bond acceptors (Lipinski definition) is 3. The van der Waals surface area contributed by atoms with Crippen LogP contribution in [0.5, 0.6) is 0 Å². The Morgan fingerprint density at radius 2 is 1.95 bits per heavy atom. The van der Waals surface area contributed by atoms with Gasteiger partial charge in [0.1, 0.15) is 0 Å². The van der Waals surface area contributed by atoms with E-state index < -0.39 is 0 Å². The molecule has 0 saturated carbocycles. The van der Waals surface area contributed by atoms with Crippen LogP contribution in [-0.2, 0) is 13.0 Å². The first-order valence-corrected chi connectivity index (χ1v) is 7.10. The van der Waals surface area contributed by atoms with Crippen molar-refractivity contribution in [2.75, 3.05) is 17.2 Å². The Kier molecular flexibility index (Phi) is 5.32. The summed E-state index contributed by atoms with van der Waals surface area (Å²) in [4.78, 5) is 23.5. The van der Waals surface area contributed by atoms with Gasteiger partial charge in [0.05, 0.1) is 12.3 Å². The summed E-state index contributed by atoms with van der Waals surface area (Å²) in [5.74, 6) is 0. The van der Waals surface area contributed by atoms with E-state index in [4.69, 9.17) is 5.11 Å². The predicted octanol–water partition coefficient (Wildman–Crippen LogP) is 2.05. The van der Waals surface area contributed by atoms with Crippen LogP contribution in [0.2, 0.25) is 0 Å². The molecule has 1 aromatic carbocycles. The average molecular weight is 301 g/mol. The van der Waals surface area contributed by atoms with Crippen molar-refractivity contribution in [3.05, 3.63) is 58.5 Å². The monoisotopic (exact) mass is 301 g/mol. The number of hydrogen-bond donors (Lipinski definition) is 3. The smallest absolute Gasteiger partial charge is 0.323 e. The summed E-state index contributed by atoms with van der Waals surface area (Å²) in [6.07, 6.45) is 2.39. The van der Waals surface area contributed by atoms with Crippen molar-refractivity contribution in [1.29, 1.82) is 0 Å². The average Bonchev–Trinajstić information content (AvgIpc) is 2.51. The Bertz CT molecular complexity index is 710. The van der Waals surface area contributed by atoms with Gasteiger partial charge in [-0.1, -0.05) is 19.1 Å². The minimum atomic E-state index is -0.387. The molecule has 2 aromatic rings. The Morgan fingerprint density at radius 1 is 1.18 bits per heavy atom. The number of urea groups is 1. The summed E-state index contributed by atoms with van der Waals surface area (Å²) in [6, 6.07) is 10.1. The van der Waals surface area contributed by atoms with Gasteiger partial charge in [-0.05, 0) is 30.2 Å². The van der Waals surface area contributed by atoms with E-state index in [1.807, 2.05) is 31.2 Å². The predicted molar refractivity (Wildman–Crippen MR) is 86.2 cm³/mol. The second-order valence-corrected chi connectivity index (χ2v) is 4.81. The second-order valence-electron chi connectivity index (χ2n) is 4.81. The number of aromatic nitrogens is 1. The van der Waals surface area contributed by atoms with E-state index in [9.17, 15) is 9.59 Å². The molecule has 116 valence electrons. The maximum atomic E-state index is 12.0. The Labute approximate surface area is 128 Å². The Hall–Kier alpha value is -2.60. The number of aryl methyl sites for hydroxylation is 1. The maximum Gasteiger partial charge on any atom is 0.323 e. The first kappa shape index (κ1) is 15.8. The van der Waals surface area contributed by atoms with E-state index in [0.717, 1.165) is 12.0 Å². The maximum absolute atomic E-state index is 12.0. The first-order chi connectivity index (χ1) is 10.6. The van der Waals surface area contributed by atoms with E-state index in [1.54, 1.807) is 0 Å². The number of aliphatic hydroxyl groups excluding tert-OH is 1. The number of nitrogens with zero attached hydrogens (tertiary/aromatic N) is 1. The molecule has 0 unspecified atom stereocenters. The van der Waals surface area contributed by atoms with Crippen LogP contribution in [0.3, 0.4) is 0 Å². The Morgan fingerprint density at radius 3 is 2.68 bits per heavy atom. The summed E-state index contributed by atoms with van der Waals surface area (Å²) in [6.45, 7) is 2.09. The topological polar surface area (TPSA) is 83.4 Å². The van der Waals surface area contributed by atoms with Gasteiger partial charge in [-0.25, -0.2) is 4.79 Å². The Balaban J connectivity index is 2.05. The van der Waals surface area contributed by atoms with Gasteiger partial charge in [0.15, 0.2) is 0 Å². The molecule has 6 heteroatoms. The standard InChI is InChI=1S/C16H19N3O3/c1-2-12-4-3-5-13(10-12)17-16(22)18-14-6-7-15(21)19(11-14)8-9-20/h3-7,10-11,20H,2,8-9H2,1H3,(H2,17,18,22). The summed E-state index contributed by atoms with van der Waals surface area (Å²) < 4.78 is 1.34. The fourth-order valence-corrected chi connectivity index (χ4v) is 2.05. The lowest BCUT2D eigenvalue weighted by molar-refractivity contribution is 0.262. The third-order valence-electron chi connectivity index (χ3n) is 3.18. The number of carbonyl (C=O) groups is 1. The van der Waals surface area contributed by atoms with Crippen LogP contribution in [0.4, 0.5) is 16.2 Å². The number of nitrogens with one attached hydrogen (secondary N) is 2. The number of rotatable bonds is 5. The summed E-state index contributed by atoms with van der Waals surface area (Å²) in [5.41, 5.74) is 2.10. The number of carbonyl (C=O) groups excluding carboxylic acids is 1. The molecule has 22 heavy (non-hydrogen) atoms. The van der Waals surface area contributed by atoms with Crippen LogP contribution >= 0.6 is 0 Å². The van der Waals surface area contributed by atoms with E-state index in [2.05, 4.69) is 10.6 Å². The highest BCUT2D eigenvalue weighted by atomic mass is 16.3. The zero-order chi connectivity index (χ0) is 15.9. The van der Waals surface area contributed by atoms with Crippen molar-refractivity contribution in [3.8, 4) is 0 Å². The van der Waals surface area contributed by atoms with Crippen molar-refractivity contribution in [2.24, 2.45) is 0 Å². The molecule has 2 amide bonds. The van der Waals surface area contributed by atoms with Gasteiger partial charge in [0, 0.05) is 24.5 Å². The molecule has 0 aliphatic rings. The van der Waals surface area contributed by atoms with Gasteiger partial charge < -0.3 is 20.3 Å². The molecule has 0 atom stereocenters. The van der Waals surface area contributed by atoms with Crippen LogP contribution < -0.4 is 16.2 Å². The minimum Gasteiger partial charge on any atom is -0.395 e. The third kappa shape index (κ3) is 4.20. The normalized spacial score (nSPS) is 10.3. The van der Waals surface area contributed by atoms with E-state index in [-0.39, 0.29) is 24.7 Å². The number of aliphatic hydroxyl groups is 1. The molecule has 0 aliphatic heterocycles. The summed E-state index contributed by atoms with van der Waals surface area (Å²) in [7, 11) is 0. The van der Waals surface area contributed by atoms with E-state index >= 15 is 0 Å². The van der Waals surface area contributed by atoms with Crippen molar-refractivity contribution in [2.45, 2.75) is 19.9 Å². The quantitative estimate of drug-likeness (QED) is 0.790. The zero-order valence-electron chi connectivity index (χ0n) is 12.4. The molecule has 1 aromatic heterocycles.